The average Bonchev–Trinajstić information content (AvgIpc) is 1.93. The van der Waals surface area contributed by atoms with E-state index in [-0.39, 0.29) is 17.6 Å². The highest BCUT2D eigenvalue weighted by Gasteiger charge is 1.99. The fraction of sp³-hybridized carbons (Fsp3) is 0.429. The first kappa shape index (κ1) is 2.97. The van der Waals surface area contributed by atoms with E-state index in [1.54, 1.807) is 0 Å². The fourth-order valence-electron chi connectivity index (χ4n) is 0.619. The summed E-state index contributed by atoms with van der Waals surface area (Å²) in [5.74, 6) is -0.389. The minimum absolute atomic E-state index is 0.144. The molecule has 0 aliphatic carbocycles. The number of aryl methyl sites for hydroxylation is 1. The number of aromatic nitrogens is 2. The quantitative estimate of drug-likeness (QED) is 0.642. The Hall–Kier alpha value is -1.32. The molecule has 0 atom stereocenters. The van der Waals surface area contributed by atoms with E-state index in [0.717, 1.165) is 6.07 Å². The van der Waals surface area contributed by atoms with E-state index in [2.05, 4.69) is 19.4 Å². The van der Waals surface area contributed by atoms with Gasteiger partial charge in [0, 0.05) is 0 Å². The van der Waals surface area contributed by atoms with Gasteiger partial charge in [0.05, 0.1) is 28.4 Å². The van der Waals surface area contributed by atoms with Gasteiger partial charge >= 0.3 is 0 Å². The Kier molecular flexibility index (Phi) is 0.859. The summed E-state index contributed by atoms with van der Waals surface area (Å²) in [4.78, 5) is 7.38. The molecule has 0 saturated carbocycles. The molecule has 0 radical (unpaired) electrons. The van der Waals surface area contributed by atoms with Gasteiger partial charge in [-0.1, -0.05) is 0 Å². The normalized spacial score (nSPS) is 19.7. The lowest BCUT2D eigenvalue weighted by Gasteiger charge is -2.02. The number of nitrogens with zero attached hydrogens (tertiary/aromatic N) is 2. The fourth-order valence-corrected chi connectivity index (χ4v) is 0.619. The Morgan fingerprint density at radius 2 is 1.82 bits per heavy atom. The summed E-state index contributed by atoms with van der Waals surface area (Å²) in [6.07, 6.45) is 0. The maximum absolute atomic E-state index is 6.89. The average molecular weight is 160 g/mol. The van der Waals surface area contributed by atoms with Crippen molar-refractivity contribution in [1.29, 1.82) is 0 Å². The van der Waals surface area contributed by atoms with Gasteiger partial charge in [0.15, 0.2) is 0 Å². The molecule has 1 aromatic heterocycles. The van der Waals surface area contributed by atoms with E-state index >= 15 is 0 Å². The molecule has 4 nitrogen and oxygen atoms in total. The first-order valence-corrected chi connectivity index (χ1v) is 2.79. The molecule has 1 heterocycles. The first-order valence-electron chi connectivity index (χ1n) is 5.79. The van der Waals surface area contributed by atoms with Crippen LogP contribution in [0.25, 0.3) is 0 Å². The molecule has 0 bridgehead atoms. The van der Waals surface area contributed by atoms with Crippen LogP contribution in [-0.4, -0.2) is 24.0 Å². The third-order valence-corrected chi connectivity index (χ3v) is 1.00. The molecule has 60 valence electrons. The maximum Gasteiger partial charge on any atom is 0.220 e. The molecule has 0 amide bonds. The van der Waals surface area contributed by atoms with Crippen molar-refractivity contribution >= 4 is 0 Å². The summed E-state index contributed by atoms with van der Waals surface area (Å²) < 4.78 is 50.4. The number of hydrogen-bond acceptors (Lipinski definition) is 4. The van der Waals surface area contributed by atoms with Crippen LogP contribution in [0.3, 0.4) is 0 Å². The zero-order chi connectivity index (χ0) is 13.3. The summed E-state index contributed by atoms with van der Waals surface area (Å²) in [6.45, 7) is 1.46. The van der Waals surface area contributed by atoms with Crippen molar-refractivity contribution in [3.8, 4) is 11.8 Å². The van der Waals surface area contributed by atoms with Crippen LogP contribution < -0.4 is 9.47 Å². The summed E-state index contributed by atoms with van der Waals surface area (Å²) >= 11 is 0. The van der Waals surface area contributed by atoms with Gasteiger partial charge in [-0.25, -0.2) is 0 Å². The molecule has 0 N–H and O–H groups in total. The van der Waals surface area contributed by atoms with Gasteiger partial charge in [0.25, 0.3) is 0 Å². The Morgan fingerprint density at radius 1 is 1.27 bits per heavy atom. The number of rotatable bonds is 2. The van der Waals surface area contributed by atoms with Gasteiger partial charge in [-0.05, 0) is 6.92 Å². The molecule has 0 fully saturated rings. The number of hydrogen-bond donors (Lipinski definition) is 0. The minimum Gasteiger partial charge on any atom is -0.481 e. The Labute approximate surface area is 73.6 Å². The predicted octanol–water partition coefficient (Wildman–Crippen LogP) is 0.802. The monoisotopic (exact) mass is 160 g/mol. The van der Waals surface area contributed by atoms with Crippen LogP contribution in [0.5, 0.6) is 11.8 Å². The van der Waals surface area contributed by atoms with Crippen molar-refractivity contribution in [2.24, 2.45) is 0 Å². The Balaban J connectivity index is 2.95. The van der Waals surface area contributed by atoms with E-state index in [4.69, 9.17) is 8.22 Å². The number of ether oxygens (including phenoxy) is 2. The van der Waals surface area contributed by atoms with E-state index in [1.165, 1.54) is 6.92 Å². The lowest BCUT2D eigenvalue weighted by Crippen LogP contribution is -1.95. The Morgan fingerprint density at radius 3 is 2.27 bits per heavy atom. The second kappa shape index (κ2) is 3.18. The standard InChI is InChI=1S/C7H10N2O2/c1-5-8-6(10-2)4-7(9-5)11-3/h4H,1-3H3/i2D3,3D3. The van der Waals surface area contributed by atoms with Crippen LogP contribution in [-0.2, 0) is 0 Å². The van der Waals surface area contributed by atoms with E-state index in [0.29, 0.717) is 0 Å². The predicted molar refractivity (Wildman–Crippen MR) is 39.9 cm³/mol. The highest BCUT2D eigenvalue weighted by atomic mass is 16.5. The summed E-state index contributed by atoms with van der Waals surface area (Å²) in [6, 6.07) is 1.01. The van der Waals surface area contributed by atoms with Crippen LogP contribution in [0.4, 0.5) is 0 Å². The summed E-state index contributed by atoms with van der Waals surface area (Å²) in [5.41, 5.74) is 0. The van der Waals surface area contributed by atoms with Gasteiger partial charge in [-0.3, -0.25) is 0 Å². The molecule has 1 rings (SSSR count). The highest BCUT2D eigenvalue weighted by Crippen LogP contribution is 2.13. The van der Waals surface area contributed by atoms with Gasteiger partial charge in [-0.2, -0.15) is 9.97 Å². The van der Waals surface area contributed by atoms with Crippen molar-refractivity contribution in [2.75, 3.05) is 14.1 Å². The second-order valence-electron chi connectivity index (χ2n) is 1.80. The van der Waals surface area contributed by atoms with Crippen molar-refractivity contribution in [3.05, 3.63) is 11.9 Å². The molecule has 1 aromatic rings. The van der Waals surface area contributed by atoms with E-state index in [1.807, 2.05) is 0 Å². The molecule has 11 heavy (non-hydrogen) atoms. The highest BCUT2D eigenvalue weighted by molar-refractivity contribution is 5.20. The first-order chi connectivity index (χ1) is 7.55. The van der Waals surface area contributed by atoms with Gasteiger partial charge in [0.2, 0.25) is 11.8 Å². The zero-order valence-electron chi connectivity index (χ0n) is 11.8. The van der Waals surface area contributed by atoms with Crippen LogP contribution >= 0.6 is 0 Å². The second-order valence-corrected chi connectivity index (χ2v) is 1.80. The minimum atomic E-state index is -2.67. The van der Waals surface area contributed by atoms with Crippen molar-refractivity contribution < 1.29 is 17.7 Å². The van der Waals surface area contributed by atoms with E-state index in [9.17, 15) is 0 Å². The molecular weight excluding hydrogens is 144 g/mol. The van der Waals surface area contributed by atoms with Crippen molar-refractivity contribution in [1.82, 2.24) is 9.97 Å². The largest absolute Gasteiger partial charge is 0.481 e. The Bertz CT molecular complexity index is 368. The van der Waals surface area contributed by atoms with Crippen LogP contribution in [0.15, 0.2) is 6.07 Å². The topological polar surface area (TPSA) is 44.2 Å². The van der Waals surface area contributed by atoms with Crippen molar-refractivity contribution in [3.63, 3.8) is 0 Å². The SMILES string of the molecule is [2H]C([2H])([2H])Oc1cc(OC([2H])([2H])[2H])nc(C)n1. The van der Waals surface area contributed by atoms with Crippen molar-refractivity contribution in [2.45, 2.75) is 6.92 Å². The molecule has 0 aromatic carbocycles. The third-order valence-electron chi connectivity index (χ3n) is 1.00. The van der Waals surface area contributed by atoms with Crippen LogP contribution in [0.2, 0.25) is 0 Å². The lowest BCUT2D eigenvalue weighted by atomic mass is 10.5. The van der Waals surface area contributed by atoms with Gasteiger partial charge < -0.3 is 9.47 Å². The molecule has 0 unspecified atom stereocenters. The van der Waals surface area contributed by atoms with Crippen LogP contribution in [0, 0.1) is 6.92 Å². The van der Waals surface area contributed by atoms with E-state index < -0.39 is 14.1 Å². The van der Waals surface area contributed by atoms with Crippen LogP contribution in [0.1, 0.15) is 14.0 Å². The summed E-state index contributed by atoms with van der Waals surface area (Å²) in [5, 5.41) is 0. The molecule has 0 saturated heterocycles. The zero-order valence-corrected chi connectivity index (χ0v) is 5.79. The molecule has 0 aliphatic heterocycles. The third kappa shape index (κ3) is 1.80. The van der Waals surface area contributed by atoms with Gasteiger partial charge in [-0.15, -0.1) is 0 Å². The molecule has 4 heteroatoms. The molecule has 0 spiro atoms. The number of methoxy groups -OCH3 is 2. The smallest absolute Gasteiger partial charge is 0.220 e. The van der Waals surface area contributed by atoms with Gasteiger partial charge in [0.1, 0.15) is 5.82 Å². The lowest BCUT2D eigenvalue weighted by molar-refractivity contribution is 0.369. The molecular formula is C7H10N2O2. The molecule has 0 aliphatic rings. The maximum atomic E-state index is 6.89. The summed E-state index contributed by atoms with van der Waals surface area (Å²) in [7, 11) is -5.34.